The minimum Gasteiger partial charge on any atom is -0.480 e. The van der Waals surface area contributed by atoms with Gasteiger partial charge in [0.15, 0.2) is 11.6 Å². The Morgan fingerprint density at radius 3 is 2.56 bits per heavy atom. The summed E-state index contributed by atoms with van der Waals surface area (Å²) < 4.78 is 31.6. The lowest BCUT2D eigenvalue weighted by atomic mass is 9.83. The van der Waals surface area contributed by atoms with Gasteiger partial charge in [0, 0.05) is 17.8 Å². The number of nitrogens with one attached hydrogen (secondary N) is 1. The highest BCUT2D eigenvalue weighted by Crippen LogP contribution is 2.42. The molecule has 6 nitrogen and oxygen atoms in total. The van der Waals surface area contributed by atoms with Crippen molar-refractivity contribution in [2.75, 3.05) is 11.9 Å². The zero-order valence-electron chi connectivity index (χ0n) is 16.9. The quantitative estimate of drug-likeness (QED) is 0.514. The van der Waals surface area contributed by atoms with Gasteiger partial charge in [-0.05, 0) is 48.2 Å². The van der Waals surface area contributed by atoms with Gasteiger partial charge in [0.1, 0.15) is 6.61 Å². The lowest BCUT2D eigenvalue weighted by molar-refractivity contribution is -0.146. The molecule has 1 heterocycles. The van der Waals surface area contributed by atoms with Crippen LogP contribution >= 0.6 is 11.3 Å². The molecule has 0 unspecified atom stereocenters. The summed E-state index contributed by atoms with van der Waals surface area (Å²) in [5, 5.41) is 12.4. The van der Waals surface area contributed by atoms with Gasteiger partial charge < -0.3 is 15.2 Å². The largest absolute Gasteiger partial charge is 0.480 e. The third-order valence-corrected chi connectivity index (χ3v) is 6.42. The summed E-state index contributed by atoms with van der Waals surface area (Å²) in [6.07, 6.45) is 3.25. The number of halogens is 2. The van der Waals surface area contributed by atoms with Gasteiger partial charge in [0.2, 0.25) is 5.91 Å². The molecule has 0 radical (unpaired) electrons. The van der Waals surface area contributed by atoms with Crippen LogP contribution in [0, 0.1) is 11.6 Å². The molecule has 4 rings (SSSR count). The van der Waals surface area contributed by atoms with Crippen LogP contribution in [0.3, 0.4) is 0 Å². The standard InChI is InChI=1S/C23H20F2N2O4S/c24-18-6-1-13(7-19(18)25)8-21(28)27-16-4-2-14(3-5-16)20-11-26-23(32-20)15-9-17(10-15)31-12-22(29)30/h1-7,11,15,17H,8-10,12H2,(H,27,28)(H,29,30). The Kier molecular flexibility index (Phi) is 6.57. The number of carbonyl (C=O) groups is 2. The van der Waals surface area contributed by atoms with Crippen LogP contribution in [0.5, 0.6) is 0 Å². The fourth-order valence-electron chi connectivity index (χ4n) is 3.46. The Hall–Kier alpha value is -3.17. The van der Waals surface area contributed by atoms with Crippen molar-refractivity contribution in [3.63, 3.8) is 0 Å². The summed E-state index contributed by atoms with van der Waals surface area (Å²) in [6, 6.07) is 10.7. The summed E-state index contributed by atoms with van der Waals surface area (Å²) in [5.41, 5.74) is 1.95. The van der Waals surface area contributed by atoms with Crippen molar-refractivity contribution in [3.8, 4) is 10.4 Å². The van der Waals surface area contributed by atoms with Crippen molar-refractivity contribution in [3.05, 3.63) is 70.9 Å². The van der Waals surface area contributed by atoms with Crippen LogP contribution in [0.4, 0.5) is 14.5 Å². The number of thiazole rings is 1. The van der Waals surface area contributed by atoms with Crippen LogP contribution in [0.25, 0.3) is 10.4 Å². The minimum absolute atomic E-state index is 0.0299. The van der Waals surface area contributed by atoms with Crippen molar-refractivity contribution in [2.45, 2.75) is 31.3 Å². The van der Waals surface area contributed by atoms with Crippen molar-refractivity contribution >= 4 is 28.9 Å². The number of carbonyl (C=O) groups excluding carboxylic acids is 1. The Balaban J connectivity index is 1.31. The van der Waals surface area contributed by atoms with Gasteiger partial charge in [-0.15, -0.1) is 11.3 Å². The normalized spacial score (nSPS) is 17.6. The molecule has 0 atom stereocenters. The molecule has 1 amide bonds. The topological polar surface area (TPSA) is 88.5 Å². The highest BCUT2D eigenvalue weighted by Gasteiger charge is 2.33. The van der Waals surface area contributed by atoms with E-state index >= 15 is 0 Å². The molecule has 1 saturated carbocycles. The number of aliphatic carboxylic acids is 1. The first-order valence-corrected chi connectivity index (χ1v) is 10.8. The maximum absolute atomic E-state index is 13.3. The number of carboxylic acids is 1. The number of rotatable bonds is 8. The van der Waals surface area contributed by atoms with E-state index in [2.05, 4.69) is 10.3 Å². The van der Waals surface area contributed by atoms with Gasteiger partial charge in [-0.3, -0.25) is 4.79 Å². The van der Waals surface area contributed by atoms with Crippen molar-refractivity contribution in [1.82, 2.24) is 4.98 Å². The smallest absolute Gasteiger partial charge is 0.329 e. The van der Waals surface area contributed by atoms with Gasteiger partial charge in [-0.25, -0.2) is 18.6 Å². The number of hydrogen-bond acceptors (Lipinski definition) is 5. The van der Waals surface area contributed by atoms with Crippen LogP contribution in [0.1, 0.15) is 29.3 Å². The molecule has 1 aromatic heterocycles. The summed E-state index contributed by atoms with van der Waals surface area (Å²) in [6.45, 7) is -0.274. The Morgan fingerprint density at radius 2 is 1.88 bits per heavy atom. The number of aromatic nitrogens is 1. The predicted octanol–water partition coefficient (Wildman–Crippen LogP) is 4.62. The molecular weight excluding hydrogens is 438 g/mol. The zero-order chi connectivity index (χ0) is 22.7. The number of amides is 1. The monoisotopic (exact) mass is 458 g/mol. The Bertz CT molecular complexity index is 1130. The molecule has 0 bridgehead atoms. The second-order valence-electron chi connectivity index (χ2n) is 7.61. The second-order valence-corrected chi connectivity index (χ2v) is 8.67. The van der Waals surface area contributed by atoms with Gasteiger partial charge in [0.05, 0.1) is 22.4 Å². The van der Waals surface area contributed by atoms with E-state index in [1.807, 2.05) is 18.3 Å². The molecule has 0 aliphatic heterocycles. The number of anilines is 1. The van der Waals surface area contributed by atoms with Crippen LogP contribution in [-0.2, 0) is 20.7 Å². The highest BCUT2D eigenvalue weighted by atomic mass is 32.1. The summed E-state index contributed by atoms with van der Waals surface area (Å²) in [5.74, 6) is -2.93. The molecule has 0 saturated heterocycles. The fourth-order valence-corrected chi connectivity index (χ4v) is 4.51. The fraction of sp³-hybridized carbons (Fsp3) is 0.261. The van der Waals surface area contributed by atoms with E-state index in [0.29, 0.717) is 11.3 Å². The minimum atomic E-state index is -0.978. The summed E-state index contributed by atoms with van der Waals surface area (Å²) in [7, 11) is 0. The molecule has 1 fully saturated rings. The summed E-state index contributed by atoms with van der Waals surface area (Å²) >= 11 is 1.58. The van der Waals surface area contributed by atoms with Gasteiger partial charge in [-0.1, -0.05) is 18.2 Å². The molecule has 0 spiro atoms. The third-order valence-electron chi connectivity index (χ3n) is 5.21. The molecule has 2 aromatic carbocycles. The Morgan fingerprint density at radius 1 is 1.12 bits per heavy atom. The average molecular weight is 458 g/mol. The van der Waals surface area contributed by atoms with E-state index in [-0.39, 0.29) is 31.0 Å². The van der Waals surface area contributed by atoms with Crippen LogP contribution in [0.2, 0.25) is 0 Å². The van der Waals surface area contributed by atoms with Crippen molar-refractivity contribution in [1.29, 1.82) is 0 Å². The highest BCUT2D eigenvalue weighted by molar-refractivity contribution is 7.15. The van der Waals surface area contributed by atoms with E-state index in [4.69, 9.17) is 9.84 Å². The molecule has 1 aliphatic carbocycles. The van der Waals surface area contributed by atoms with Crippen molar-refractivity contribution in [2.24, 2.45) is 0 Å². The summed E-state index contributed by atoms with van der Waals surface area (Å²) in [4.78, 5) is 28.2. The molecule has 9 heteroatoms. The Labute approximate surface area is 186 Å². The number of carboxylic acid groups (broad SMARTS) is 1. The number of hydrogen-bond donors (Lipinski definition) is 2. The van der Waals surface area contributed by atoms with E-state index in [1.165, 1.54) is 6.07 Å². The number of benzene rings is 2. The van der Waals surface area contributed by atoms with Gasteiger partial charge >= 0.3 is 5.97 Å². The van der Waals surface area contributed by atoms with E-state index < -0.39 is 17.6 Å². The first-order chi connectivity index (χ1) is 15.4. The number of ether oxygens (including phenoxy) is 1. The van der Waals surface area contributed by atoms with E-state index in [0.717, 1.165) is 40.4 Å². The van der Waals surface area contributed by atoms with E-state index in [1.54, 1.807) is 23.5 Å². The lowest BCUT2D eigenvalue weighted by Crippen LogP contribution is -2.31. The van der Waals surface area contributed by atoms with Crippen molar-refractivity contribution < 1.29 is 28.2 Å². The van der Waals surface area contributed by atoms with Gasteiger partial charge in [-0.2, -0.15) is 0 Å². The molecule has 3 aromatic rings. The third kappa shape index (κ3) is 5.35. The number of nitrogens with zero attached hydrogens (tertiary/aromatic N) is 1. The van der Waals surface area contributed by atoms with Crippen LogP contribution in [0.15, 0.2) is 48.7 Å². The SMILES string of the molecule is O=C(O)COC1CC(c2ncc(-c3ccc(NC(=O)Cc4ccc(F)c(F)c4)cc3)s2)C1. The van der Waals surface area contributed by atoms with E-state index in [9.17, 15) is 18.4 Å². The zero-order valence-corrected chi connectivity index (χ0v) is 17.7. The first kappa shape index (κ1) is 22.0. The molecule has 2 N–H and O–H groups in total. The molecule has 166 valence electrons. The molecule has 32 heavy (non-hydrogen) atoms. The predicted molar refractivity (Wildman–Crippen MR) is 116 cm³/mol. The second kappa shape index (κ2) is 9.54. The lowest BCUT2D eigenvalue weighted by Gasteiger charge is -2.33. The average Bonchev–Trinajstić information content (AvgIpc) is 3.19. The van der Waals surface area contributed by atoms with Crippen LogP contribution in [-0.4, -0.2) is 34.7 Å². The van der Waals surface area contributed by atoms with Crippen LogP contribution < -0.4 is 5.32 Å². The molecular formula is C23H20F2N2O4S. The first-order valence-electron chi connectivity index (χ1n) is 10.0. The van der Waals surface area contributed by atoms with Gasteiger partial charge in [0.25, 0.3) is 0 Å². The maximum Gasteiger partial charge on any atom is 0.329 e. The maximum atomic E-state index is 13.3. The molecule has 1 aliphatic rings.